The zero-order valence-electron chi connectivity index (χ0n) is 3.05. The average molecular weight is 313 g/mol. The topological polar surface area (TPSA) is 74.6 Å². The van der Waals surface area contributed by atoms with Crippen molar-refractivity contribution in [3.8, 4) is 0 Å². The van der Waals surface area contributed by atoms with Crippen LogP contribution in [0.1, 0.15) is 0 Å². The molecule has 0 aliphatic heterocycles. The van der Waals surface area contributed by atoms with Crippen molar-refractivity contribution >= 4 is 0 Å². The van der Waals surface area contributed by atoms with E-state index in [9.17, 15) is 0 Å². The molecule has 0 unspecified atom stereocenters. The van der Waals surface area contributed by atoms with E-state index in [4.69, 9.17) is 15.9 Å². The van der Waals surface area contributed by atoms with Gasteiger partial charge in [0.15, 0.2) is 0 Å². The van der Waals surface area contributed by atoms with Crippen LogP contribution in [-0.2, 0) is 38.3 Å². The standard InChI is InChI=1S/Cr.Fe.La.2H2O.2O/h;;;2*1H2;;/q+2;;;;;;/p-2. The van der Waals surface area contributed by atoms with Crippen LogP contribution in [-0.4, -0.2) is 8.32 Å². The Labute approximate surface area is 81.1 Å². The minimum atomic E-state index is -5.25. The fourth-order valence-corrected chi connectivity index (χ4v) is 0. The van der Waals surface area contributed by atoms with Crippen molar-refractivity contribution < 1.29 is 82.2 Å². The zero-order valence-corrected chi connectivity index (χ0v) is 9.06. The Kier molecular flexibility index (Phi) is 13.4. The molecule has 0 amide bonds. The molecular weight excluding hydrogens is 311 g/mol. The summed E-state index contributed by atoms with van der Waals surface area (Å²) in [4.78, 5) is 0. The number of hydrogen-bond donors (Lipinski definition) is 2. The van der Waals surface area contributed by atoms with Crippen molar-refractivity contribution in [1.29, 1.82) is 0 Å². The summed E-state index contributed by atoms with van der Waals surface area (Å²) >= 11 is -5.25. The van der Waals surface area contributed by atoms with Crippen molar-refractivity contribution in [1.82, 2.24) is 0 Å². The molecule has 0 aromatic rings. The van der Waals surface area contributed by atoms with Crippen LogP contribution in [0.4, 0.5) is 0 Å². The third-order valence-corrected chi connectivity index (χ3v) is 0. The van der Waals surface area contributed by atoms with E-state index in [-0.39, 0.29) is 52.7 Å². The van der Waals surface area contributed by atoms with E-state index in [2.05, 4.69) is 0 Å². The predicted octanol–water partition coefficient (Wildman–Crippen LogP) is -1.36. The molecule has 2 N–H and O–H groups in total. The molecule has 0 aromatic heterocycles. The van der Waals surface area contributed by atoms with E-state index in [1.54, 1.807) is 0 Å². The van der Waals surface area contributed by atoms with Gasteiger partial charge in [0.05, 0.1) is 0 Å². The Morgan fingerprint density at radius 2 is 1.14 bits per heavy atom. The second-order valence-corrected chi connectivity index (χ2v) is 1.85. The molecule has 0 bridgehead atoms. The summed E-state index contributed by atoms with van der Waals surface area (Å²) in [5, 5.41) is 0. The van der Waals surface area contributed by atoms with Gasteiger partial charge in [-0.3, -0.25) is 0 Å². The molecule has 0 aromatic carbocycles. The van der Waals surface area contributed by atoms with Gasteiger partial charge in [0.1, 0.15) is 0 Å². The van der Waals surface area contributed by atoms with Crippen LogP contribution >= 0.6 is 0 Å². The van der Waals surface area contributed by atoms with Crippen molar-refractivity contribution in [3.05, 3.63) is 0 Å². The van der Waals surface area contributed by atoms with Crippen LogP contribution in [0.25, 0.3) is 0 Å². The van der Waals surface area contributed by atoms with E-state index in [1.165, 1.54) is 0 Å². The SMILES string of the molecule is [Fe].[La].[O]=[Cr](=[O])([OH])[OH]. The third-order valence-electron chi connectivity index (χ3n) is 0. The molecule has 0 saturated heterocycles. The summed E-state index contributed by atoms with van der Waals surface area (Å²) in [7, 11) is 0. The summed E-state index contributed by atoms with van der Waals surface area (Å²) < 4.78 is 31.9. The van der Waals surface area contributed by atoms with E-state index < -0.39 is 13.6 Å². The average Bonchev–Trinajstić information content (AvgIpc) is 0.722. The van der Waals surface area contributed by atoms with Crippen molar-refractivity contribution in [2.45, 2.75) is 0 Å². The summed E-state index contributed by atoms with van der Waals surface area (Å²) in [6, 6.07) is 0. The van der Waals surface area contributed by atoms with Crippen molar-refractivity contribution in [2.24, 2.45) is 0 Å². The van der Waals surface area contributed by atoms with Gasteiger partial charge in [0.25, 0.3) is 0 Å². The van der Waals surface area contributed by atoms with Gasteiger partial charge in [-0.15, -0.1) is 0 Å². The van der Waals surface area contributed by atoms with Gasteiger partial charge >= 0.3 is 29.5 Å². The molecule has 4 nitrogen and oxygen atoms in total. The molecule has 7 heteroatoms. The second-order valence-electron chi connectivity index (χ2n) is 0.448. The third kappa shape index (κ3) is 82.7. The van der Waals surface area contributed by atoms with Gasteiger partial charge in [-0.25, -0.2) is 0 Å². The molecular formula is H2CrFeLaO4. The van der Waals surface area contributed by atoms with E-state index in [1.807, 2.05) is 0 Å². The first kappa shape index (κ1) is 15.9. The molecule has 7 heavy (non-hydrogen) atoms. The van der Waals surface area contributed by atoms with E-state index in [0.717, 1.165) is 0 Å². The molecule has 0 spiro atoms. The zero-order chi connectivity index (χ0) is 4.50. The van der Waals surface area contributed by atoms with Crippen LogP contribution in [0.3, 0.4) is 0 Å². The molecule has 0 saturated carbocycles. The van der Waals surface area contributed by atoms with Gasteiger partial charge < -0.3 is 0 Å². The molecule has 43 valence electrons. The van der Waals surface area contributed by atoms with Gasteiger partial charge in [-0.05, 0) is 0 Å². The molecule has 0 rings (SSSR count). The fourth-order valence-electron chi connectivity index (χ4n) is 0. The first-order valence-electron chi connectivity index (χ1n) is 0.698. The van der Waals surface area contributed by atoms with Gasteiger partial charge in [-0.1, -0.05) is 0 Å². The normalized spacial score (nSPS) is 8.29. The Morgan fingerprint density at radius 1 is 1.14 bits per heavy atom. The maximum atomic E-state index is 8.82. The van der Waals surface area contributed by atoms with Crippen LogP contribution in [0.2, 0.25) is 0 Å². The van der Waals surface area contributed by atoms with Crippen molar-refractivity contribution in [3.63, 3.8) is 0 Å². The first-order chi connectivity index (χ1) is 2.00. The molecule has 1 radical (unpaired) electrons. The van der Waals surface area contributed by atoms with Crippen LogP contribution < -0.4 is 0 Å². The van der Waals surface area contributed by atoms with Crippen molar-refractivity contribution in [2.75, 3.05) is 0 Å². The molecule has 0 aliphatic rings. The summed E-state index contributed by atoms with van der Waals surface area (Å²) in [5.41, 5.74) is 0. The summed E-state index contributed by atoms with van der Waals surface area (Å²) in [5.74, 6) is 0. The van der Waals surface area contributed by atoms with Gasteiger partial charge in [0.2, 0.25) is 0 Å². The van der Waals surface area contributed by atoms with E-state index in [0.29, 0.717) is 0 Å². The predicted molar refractivity (Wildman–Crippen MR) is 5.81 cm³/mol. The fraction of sp³-hybridized carbons (Fsp3) is 0. The minimum absolute atomic E-state index is 0. The molecule has 0 atom stereocenters. The Morgan fingerprint density at radius 3 is 1.14 bits per heavy atom. The summed E-state index contributed by atoms with van der Waals surface area (Å²) in [6.07, 6.45) is 0. The Bertz CT molecular complexity index is 94.9. The maximum absolute atomic E-state index is 8.82. The first-order valence-corrected chi connectivity index (χ1v) is 2.88. The van der Waals surface area contributed by atoms with Gasteiger partial charge in [0, 0.05) is 52.7 Å². The number of rotatable bonds is 0. The molecule has 0 heterocycles. The molecule has 0 aliphatic carbocycles. The van der Waals surface area contributed by atoms with Gasteiger partial charge in [-0.2, -0.15) is 0 Å². The summed E-state index contributed by atoms with van der Waals surface area (Å²) in [6.45, 7) is 0. The van der Waals surface area contributed by atoms with Crippen LogP contribution in [0.5, 0.6) is 0 Å². The van der Waals surface area contributed by atoms with E-state index >= 15 is 0 Å². The Hall–Kier alpha value is 1.77. The number of hydrogen-bond acceptors (Lipinski definition) is 2. The molecule has 0 fully saturated rings. The van der Waals surface area contributed by atoms with Crippen LogP contribution in [0.15, 0.2) is 0 Å². The second kappa shape index (κ2) is 5.90. The van der Waals surface area contributed by atoms with Crippen LogP contribution in [0, 0.1) is 35.6 Å². The monoisotopic (exact) mass is 313 g/mol. The quantitative estimate of drug-likeness (QED) is 0.542. The Balaban J connectivity index is -0.0000000800.